The van der Waals surface area contributed by atoms with Gasteiger partial charge in [-0.2, -0.15) is 5.10 Å². The molecule has 0 aliphatic carbocycles. The number of para-hydroxylation sites is 1. The summed E-state index contributed by atoms with van der Waals surface area (Å²) in [4.78, 5) is 0. The third-order valence-corrected chi connectivity index (χ3v) is 3.64. The Morgan fingerprint density at radius 1 is 1.30 bits per heavy atom. The number of nitrogens with one attached hydrogen (secondary N) is 1. The summed E-state index contributed by atoms with van der Waals surface area (Å²) < 4.78 is 7.29. The van der Waals surface area contributed by atoms with Crippen LogP contribution in [0.4, 0.5) is 0 Å². The maximum absolute atomic E-state index is 5.20. The van der Waals surface area contributed by atoms with Crippen molar-refractivity contribution in [2.75, 3.05) is 20.3 Å². The molecule has 4 heteroatoms. The van der Waals surface area contributed by atoms with E-state index in [1.165, 1.54) is 16.6 Å². The highest BCUT2D eigenvalue weighted by Gasteiger charge is 2.14. The number of hydrogen-bond acceptors (Lipinski definition) is 3. The van der Waals surface area contributed by atoms with E-state index in [2.05, 4.69) is 48.1 Å². The average molecular weight is 275 g/mol. The Kier molecular flexibility index (Phi) is 5.56. The topological polar surface area (TPSA) is 39.1 Å². The molecule has 110 valence electrons. The molecular formula is C16H25N3O. The molecule has 0 amide bonds. The van der Waals surface area contributed by atoms with Gasteiger partial charge in [0.05, 0.1) is 11.2 Å². The van der Waals surface area contributed by atoms with E-state index in [0.29, 0.717) is 6.04 Å². The first kappa shape index (κ1) is 15.0. The Morgan fingerprint density at radius 2 is 2.10 bits per heavy atom. The largest absolute Gasteiger partial charge is 0.385 e. The monoisotopic (exact) mass is 275 g/mol. The van der Waals surface area contributed by atoms with Crippen LogP contribution in [0, 0.1) is 0 Å². The molecule has 4 nitrogen and oxygen atoms in total. The van der Waals surface area contributed by atoms with Crippen molar-refractivity contribution in [2.45, 2.75) is 39.3 Å². The molecule has 2 rings (SSSR count). The van der Waals surface area contributed by atoms with Crippen LogP contribution in [-0.4, -0.2) is 36.1 Å². The first-order valence-electron chi connectivity index (χ1n) is 7.46. The summed E-state index contributed by atoms with van der Waals surface area (Å²) in [5, 5.41) is 9.58. The van der Waals surface area contributed by atoms with E-state index < -0.39 is 0 Å². The third kappa shape index (κ3) is 3.38. The molecule has 2 aromatic rings. The van der Waals surface area contributed by atoms with Gasteiger partial charge < -0.3 is 10.1 Å². The van der Waals surface area contributed by atoms with Gasteiger partial charge in [-0.15, -0.1) is 0 Å². The molecule has 0 saturated heterocycles. The van der Waals surface area contributed by atoms with Crippen LogP contribution in [0.5, 0.6) is 0 Å². The fourth-order valence-corrected chi connectivity index (χ4v) is 2.65. The van der Waals surface area contributed by atoms with Crippen molar-refractivity contribution in [1.29, 1.82) is 0 Å². The van der Waals surface area contributed by atoms with Crippen molar-refractivity contribution in [3.05, 3.63) is 30.0 Å². The summed E-state index contributed by atoms with van der Waals surface area (Å²) in [6.07, 6.45) is 1.96. The van der Waals surface area contributed by atoms with Crippen LogP contribution in [0.15, 0.2) is 24.3 Å². The van der Waals surface area contributed by atoms with E-state index in [0.717, 1.165) is 32.5 Å². The number of ether oxygens (including phenoxy) is 1. The van der Waals surface area contributed by atoms with E-state index >= 15 is 0 Å². The number of aromatic nitrogens is 2. The van der Waals surface area contributed by atoms with Gasteiger partial charge in [0.15, 0.2) is 0 Å². The van der Waals surface area contributed by atoms with Crippen LogP contribution in [0.2, 0.25) is 0 Å². The molecule has 20 heavy (non-hydrogen) atoms. The molecule has 0 bridgehead atoms. The fraction of sp³-hybridized carbons (Fsp3) is 0.562. The van der Waals surface area contributed by atoms with E-state index in [-0.39, 0.29) is 0 Å². The maximum Gasteiger partial charge on any atom is 0.0718 e. The molecule has 1 unspecified atom stereocenters. The Bertz CT molecular complexity index is 536. The zero-order valence-corrected chi connectivity index (χ0v) is 12.7. The van der Waals surface area contributed by atoms with Gasteiger partial charge in [-0.1, -0.05) is 25.1 Å². The number of aryl methyl sites for hydroxylation is 1. The number of fused-ring (bicyclic) bond motifs is 1. The lowest BCUT2D eigenvalue weighted by molar-refractivity contribution is 0.182. The molecule has 0 fully saturated rings. The quantitative estimate of drug-likeness (QED) is 0.805. The number of methoxy groups -OCH3 is 1. The SMILES string of the molecule is CCNC(CCOC)Cc1nn(CC)c2ccccc12. The number of benzene rings is 1. The Morgan fingerprint density at radius 3 is 2.80 bits per heavy atom. The van der Waals surface area contributed by atoms with Crippen LogP contribution in [0.1, 0.15) is 26.0 Å². The Hall–Kier alpha value is -1.39. The summed E-state index contributed by atoms with van der Waals surface area (Å²) in [6, 6.07) is 8.90. The zero-order chi connectivity index (χ0) is 14.4. The van der Waals surface area contributed by atoms with Crippen molar-refractivity contribution < 1.29 is 4.74 Å². The Labute approximate surface area is 121 Å². The van der Waals surface area contributed by atoms with E-state index in [4.69, 9.17) is 9.84 Å². The first-order chi connectivity index (χ1) is 9.80. The highest BCUT2D eigenvalue weighted by molar-refractivity contribution is 5.82. The van der Waals surface area contributed by atoms with Gasteiger partial charge in [-0.3, -0.25) is 4.68 Å². The molecule has 1 heterocycles. The first-order valence-corrected chi connectivity index (χ1v) is 7.46. The second-order valence-electron chi connectivity index (χ2n) is 5.02. The van der Waals surface area contributed by atoms with Gasteiger partial charge in [-0.05, 0) is 26.0 Å². The van der Waals surface area contributed by atoms with E-state index in [1.54, 1.807) is 7.11 Å². The minimum absolute atomic E-state index is 0.420. The van der Waals surface area contributed by atoms with Crippen LogP contribution in [-0.2, 0) is 17.7 Å². The van der Waals surface area contributed by atoms with Crippen LogP contribution < -0.4 is 5.32 Å². The molecule has 0 spiro atoms. The molecular weight excluding hydrogens is 250 g/mol. The smallest absolute Gasteiger partial charge is 0.0718 e. The van der Waals surface area contributed by atoms with Crippen molar-refractivity contribution in [2.24, 2.45) is 0 Å². The van der Waals surface area contributed by atoms with Crippen LogP contribution in [0.25, 0.3) is 10.9 Å². The summed E-state index contributed by atoms with van der Waals surface area (Å²) in [5.41, 5.74) is 2.41. The van der Waals surface area contributed by atoms with Gasteiger partial charge >= 0.3 is 0 Å². The molecule has 0 aliphatic rings. The summed E-state index contributed by atoms with van der Waals surface area (Å²) in [6.45, 7) is 6.94. The standard InChI is InChI=1S/C16H25N3O/c1-4-17-13(10-11-20-3)12-15-14-8-6-7-9-16(14)19(5-2)18-15/h6-9,13,17H,4-5,10-12H2,1-3H3. The number of likely N-dealkylation sites (N-methyl/N-ethyl adjacent to an activating group) is 1. The van der Waals surface area contributed by atoms with Gasteiger partial charge in [0.2, 0.25) is 0 Å². The van der Waals surface area contributed by atoms with Crippen LogP contribution >= 0.6 is 0 Å². The normalized spacial score (nSPS) is 12.9. The van der Waals surface area contributed by atoms with Crippen molar-refractivity contribution in [3.63, 3.8) is 0 Å². The lowest BCUT2D eigenvalue weighted by Crippen LogP contribution is -2.32. The van der Waals surface area contributed by atoms with Gasteiger partial charge in [-0.25, -0.2) is 0 Å². The lowest BCUT2D eigenvalue weighted by atomic mass is 10.1. The Balaban J connectivity index is 2.22. The highest BCUT2D eigenvalue weighted by Crippen LogP contribution is 2.20. The van der Waals surface area contributed by atoms with Gasteiger partial charge in [0.1, 0.15) is 0 Å². The van der Waals surface area contributed by atoms with E-state index in [9.17, 15) is 0 Å². The van der Waals surface area contributed by atoms with Gasteiger partial charge in [0.25, 0.3) is 0 Å². The number of nitrogens with zero attached hydrogens (tertiary/aromatic N) is 2. The minimum Gasteiger partial charge on any atom is -0.385 e. The summed E-state index contributed by atoms with van der Waals surface area (Å²) >= 11 is 0. The molecule has 1 aromatic carbocycles. The van der Waals surface area contributed by atoms with Gasteiger partial charge in [0, 0.05) is 38.1 Å². The lowest BCUT2D eigenvalue weighted by Gasteiger charge is -2.16. The molecule has 0 radical (unpaired) electrons. The molecule has 1 N–H and O–H groups in total. The number of hydrogen-bond donors (Lipinski definition) is 1. The van der Waals surface area contributed by atoms with Crippen molar-refractivity contribution in [1.82, 2.24) is 15.1 Å². The van der Waals surface area contributed by atoms with Crippen molar-refractivity contribution >= 4 is 10.9 Å². The summed E-state index contributed by atoms with van der Waals surface area (Å²) in [7, 11) is 1.75. The maximum atomic E-state index is 5.20. The molecule has 1 atom stereocenters. The third-order valence-electron chi connectivity index (χ3n) is 3.64. The van der Waals surface area contributed by atoms with E-state index in [1.807, 2.05) is 0 Å². The van der Waals surface area contributed by atoms with Crippen LogP contribution in [0.3, 0.4) is 0 Å². The minimum atomic E-state index is 0.420. The molecule has 1 aromatic heterocycles. The second kappa shape index (κ2) is 7.41. The zero-order valence-electron chi connectivity index (χ0n) is 12.7. The predicted molar refractivity (Wildman–Crippen MR) is 83.1 cm³/mol. The predicted octanol–water partition coefficient (Wildman–Crippen LogP) is 2.61. The molecule has 0 aliphatic heterocycles. The fourth-order valence-electron chi connectivity index (χ4n) is 2.65. The average Bonchev–Trinajstić information content (AvgIpc) is 2.83. The highest BCUT2D eigenvalue weighted by atomic mass is 16.5. The summed E-state index contributed by atoms with van der Waals surface area (Å²) in [5.74, 6) is 0. The number of rotatable bonds is 8. The van der Waals surface area contributed by atoms with Crippen molar-refractivity contribution in [3.8, 4) is 0 Å². The second-order valence-corrected chi connectivity index (χ2v) is 5.02. The molecule has 0 saturated carbocycles.